The van der Waals surface area contributed by atoms with Crippen molar-refractivity contribution in [3.05, 3.63) is 65.7 Å². The van der Waals surface area contributed by atoms with E-state index in [1.165, 1.54) is 18.2 Å². The summed E-state index contributed by atoms with van der Waals surface area (Å²) in [6.07, 6.45) is 2.84. The molecule has 0 amide bonds. The molecule has 18 heavy (non-hydrogen) atoms. The highest BCUT2D eigenvalue weighted by Crippen LogP contribution is 2.19. The van der Waals surface area contributed by atoms with Gasteiger partial charge in [-0.3, -0.25) is 4.79 Å². The molecule has 0 aliphatic carbocycles. The number of hydrogen-bond acceptors (Lipinski definition) is 3. The molecule has 0 saturated carbocycles. The molecule has 0 spiro atoms. The molecule has 2 aromatic carbocycles. The Balaban J connectivity index is 2.23. The molecular weight excluding hydrogens is 228 g/mol. The van der Waals surface area contributed by atoms with E-state index >= 15 is 0 Å². The van der Waals surface area contributed by atoms with E-state index in [2.05, 4.69) is 0 Å². The quantitative estimate of drug-likeness (QED) is 0.640. The molecule has 0 bridgehead atoms. The minimum absolute atomic E-state index is 0.0515. The summed E-state index contributed by atoms with van der Waals surface area (Å²) in [6, 6.07) is 13.1. The van der Waals surface area contributed by atoms with Gasteiger partial charge in [-0.1, -0.05) is 30.3 Å². The molecule has 0 aliphatic heterocycles. The second-order valence-electron chi connectivity index (χ2n) is 3.77. The van der Waals surface area contributed by atoms with Gasteiger partial charge in [-0.15, -0.1) is 0 Å². The van der Waals surface area contributed by atoms with Crippen LogP contribution in [0, 0.1) is 0 Å². The first-order valence-electron chi connectivity index (χ1n) is 5.47. The first kappa shape index (κ1) is 11.9. The van der Waals surface area contributed by atoms with Crippen molar-refractivity contribution in [2.24, 2.45) is 0 Å². The number of hydrogen-bond donors (Lipinski definition) is 2. The number of ketones is 1. The van der Waals surface area contributed by atoms with Gasteiger partial charge in [0.25, 0.3) is 0 Å². The van der Waals surface area contributed by atoms with Crippen LogP contribution in [0.3, 0.4) is 0 Å². The third-order valence-corrected chi connectivity index (χ3v) is 2.52. The molecule has 0 heterocycles. The first-order valence-corrected chi connectivity index (χ1v) is 5.47. The number of rotatable bonds is 3. The van der Waals surface area contributed by atoms with Crippen molar-refractivity contribution in [1.29, 1.82) is 0 Å². The van der Waals surface area contributed by atoms with Crippen molar-refractivity contribution >= 4 is 11.9 Å². The molecule has 0 aromatic heterocycles. The normalized spacial score (nSPS) is 10.7. The fourth-order valence-electron chi connectivity index (χ4n) is 1.57. The number of carbonyl (C=O) groups excluding carboxylic acids is 1. The van der Waals surface area contributed by atoms with Crippen molar-refractivity contribution in [1.82, 2.24) is 0 Å². The maximum Gasteiger partial charge on any atom is 0.189 e. The Morgan fingerprint density at radius 1 is 0.889 bits per heavy atom. The lowest BCUT2D eigenvalue weighted by molar-refractivity contribution is 0.104. The van der Waals surface area contributed by atoms with Gasteiger partial charge >= 0.3 is 0 Å². The molecule has 0 aliphatic rings. The highest BCUT2D eigenvalue weighted by molar-refractivity contribution is 6.08. The fraction of sp³-hybridized carbons (Fsp3) is 0. The van der Waals surface area contributed by atoms with Crippen LogP contribution >= 0.6 is 0 Å². The average Bonchev–Trinajstić information content (AvgIpc) is 2.38. The lowest BCUT2D eigenvalue weighted by Gasteiger charge is -2.00. The summed E-state index contributed by atoms with van der Waals surface area (Å²) in [4.78, 5) is 11.8. The molecular formula is C15H12O3. The molecule has 0 radical (unpaired) electrons. The van der Waals surface area contributed by atoms with Crippen molar-refractivity contribution in [2.45, 2.75) is 0 Å². The largest absolute Gasteiger partial charge is 0.507 e. The Kier molecular flexibility index (Phi) is 3.44. The zero-order valence-corrected chi connectivity index (χ0v) is 9.58. The predicted molar refractivity (Wildman–Crippen MR) is 69.6 cm³/mol. The van der Waals surface area contributed by atoms with E-state index in [9.17, 15) is 15.0 Å². The van der Waals surface area contributed by atoms with E-state index in [1.807, 2.05) is 0 Å². The molecule has 0 atom stereocenters. The van der Waals surface area contributed by atoms with Gasteiger partial charge in [0.05, 0.1) is 5.56 Å². The molecule has 2 aromatic rings. The summed E-state index contributed by atoms with van der Waals surface area (Å²) in [7, 11) is 0. The predicted octanol–water partition coefficient (Wildman–Crippen LogP) is 2.99. The SMILES string of the molecule is O=C(/C=C\c1ccccc1O)c1ccccc1O. The van der Waals surface area contributed by atoms with Crippen LogP contribution in [0.25, 0.3) is 6.08 Å². The molecule has 2 rings (SSSR count). The second-order valence-corrected chi connectivity index (χ2v) is 3.77. The van der Waals surface area contributed by atoms with Gasteiger partial charge in [0.2, 0.25) is 0 Å². The molecule has 0 fully saturated rings. The Morgan fingerprint density at radius 2 is 1.50 bits per heavy atom. The van der Waals surface area contributed by atoms with Crippen LogP contribution in [0.1, 0.15) is 15.9 Å². The van der Waals surface area contributed by atoms with Crippen molar-refractivity contribution in [2.75, 3.05) is 0 Å². The van der Waals surface area contributed by atoms with Crippen LogP contribution in [0.4, 0.5) is 0 Å². The molecule has 0 unspecified atom stereocenters. The highest BCUT2D eigenvalue weighted by atomic mass is 16.3. The maximum absolute atomic E-state index is 11.8. The third-order valence-electron chi connectivity index (χ3n) is 2.52. The van der Waals surface area contributed by atoms with E-state index in [-0.39, 0.29) is 22.8 Å². The molecule has 3 heteroatoms. The minimum atomic E-state index is -0.309. The average molecular weight is 240 g/mol. The van der Waals surface area contributed by atoms with Gasteiger partial charge in [-0.05, 0) is 30.4 Å². The number of benzene rings is 2. The van der Waals surface area contributed by atoms with Gasteiger partial charge in [0.15, 0.2) is 5.78 Å². The van der Waals surface area contributed by atoms with E-state index in [4.69, 9.17) is 0 Å². The molecule has 0 saturated heterocycles. The van der Waals surface area contributed by atoms with Crippen molar-refractivity contribution in [3.8, 4) is 11.5 Å². The Labute approximate surface area is 105 Å². The van der Waals surface area contributed by atoms with E-state index in [1.54, 1.807) is 42.5 Å². The summed E-state index contributed by atoms with van der Waals surface area (Å²) in [6.45, 7) is 0. The monoisotopic (exact) mass is 240 g/mol. The van der Waals surface area contributed by atoms with E-state index < -0.39 is 0 Å². The summed E-state index contributed by atoms with van der Waals surface area (Å²) < 4.78 is 0. The zero-order valence-electron chi connectivity index (χ0n) is 9.58. The van der Waals surface area contributed by atoms with E-state index in [0.717, 1.165) is 0 Å². The van der Waals surface area contributed by atoms with Crippen LogP contribution < -0.4 is 0 Å². The standard InChI is InChI=1S/C15H12O3/c16-13-7-3-1-5-11(13)9-10-15(18)12-6-2-4-8-14(12)17/h1-10,16-17H/b10-9-. The summed E-state index contributed by atoms with van der Waals surface area (Å²) in [5, 5.41) is 19.1. The van der Waals surface area contributed by atoms with Crippen molar-refractivity contribution in [3.63, 3.8) is 0 Å². The second kappa shape index (κ2) is 5.19. The fourth-order valence-corrected chi connectivity index (χ4v) is 1.57. The van der Waals surface area contributed by atoms with Crippen LogP contribution in [0.15, 0.2) is 54.6 Å². The number of allylic oxidation sites excluding steroid dienone is 1. The highest BCUT2D eigenvalue weighted by Gasteiger charge is 2.06. The van der Waals surface area contributed by atoms with Gasteiger partial charge in [-0.2, -0.15) is 0 Å². The lowest BCUT2D eigenvalue weighted by Crippen LogP contribution is -1.94. The Bertz CT molecular complexity index is 600. The van der Waals surface area contributed by atoms with Gasteiger partial charge in [0.1, 0.15) is 11.5 Å². The van der Waals surface area contributed by atoms with Crippen LogP contribution in [0.2, 0.25) is 0 Å². The van der Waals surface area contributed by atoms with Crippen molar-refractivity contribution < 1.29 is 15.0 Å². The number of para-hydroxylation sites is 2. The maximum atomic E-state index is 11.8. The number of aromatic hydroxyl groups is 2. The zero-order chi connectivity index (χ0) is 13.0. The van der Waals surface area contributed by atoms with Crippen LogP contribution in [-0.4, -0.2) is 16.0 Å². The Morgan fingerprint density at radius 3 is 2.17 bits per heavy atom. The third kappa shape index (κ3) is 2.58. The minimum Gasteiger partial charge on any atom is -0.507 e. The number of phenols is 2. The van der Waals surface area contributed by atoms with Gasteiger partial charge in [-0.25, -0.2) is 0 Å². The van der Waals surface area contributed by atoms with E-state index in [0.29, 0.717) is 5.56 Å². The summed E-state index contributed by atoms with van der Waals surface area (Å²) >= 11 is 0. The topological polar surface area (TPSA) is 57.5 Å². The lowest BCUT2D eigenvalue weighted by atomic mass is 10.1. The Hall–Kier alpha value is -2.55. The molecule has 3 nitrogen and oxygen atoms in total. The van der Waals surface area contributed by atoms with Crippen LogP contribution in [-0.2, 0) is 0 Å². The smallest absolute Gasteiger partial charge is 0.189 e. The number of carbonyl (C=O) groups is 1. The summed E-state index contributed by atoms with van der Waals surface area (Å²) in [5.74, 6) is -0.250. The van der Waals surface area contributed by atoms with Gasteiger partial charge < -0.3 is 10.2 Å². The molecule has 2 N–H and O–H groups in total. The first-order chi connectivity index (χ1) is 8.68. The molecule has 90 valence electrons. The van der Waals surface area contributed by atoms with Gasteiger partial charge in [0, 0.05) is 5.56 Å². The van der Waals surface area contributed by atoms with Crippen LogP contribution in [0.5, 0.6) is 11.5 Å². The summed E-state index contributed by atoms with van der Waals surface area (Å²) in [5.41, 5.74) is 0.797. The number of phenolic OH excluding ortho intramolecular Hbond substituents is 2.